The topological polar surface area (TPSA) is 66.6 Å². The molecule has 1 unspecified atom stereocenters. The lowest BCUT2D eigenvalue weighted by Crippen LogP contribution is -2.51. The van der Waals surface area contributed by atoms with Gasteiger partial charge in [0.05, 0.1) is 15.8 Å². The minimum atomic E-state index is -0.823. The zero-order valence-electron chi connectivity index (χ0n) is 15.6. The number of piperidine rings is 1. The summed E-state index contributed by atoms with van der Waals surface area (Å²) in [5, 5.41) is 14.3. The number of nitrogens with zero attached hydrogens (tertiary/aromatic N) is 2. The van der Waals surface area contributed by atoms with Crippen molar-refractivity contribution in [1.29, 1.82) is 0 Å². The van der Waals surface area contributed by atoms with Gasteiger partial charge in [-0.1, -0.05) is 39.9 Å². The molecule has 0 aliphatic carbocycles. The van der Waals surface area contributed by atoms with Gasteiger partial charge in [0, 0.05) is 18.0 Å². The largest absolute Gasteiger partial charge is 0.390 e. The maximum absolute atomic E-state index is 13.2. The van der Waals surface area contributed by atoms with Crippen LogP contribution in [0, 0.1) is 19.8 Å². The molecule has 6 heteroatoms. The van der Waals surface area contributed by atoms with Crippen molar-refractivity contribution < 1.29 is 14.4 Å². The molecule has 1 N–H and O–H groups in total. The molecule has 2 aromatic rings. The highest BCUT2D eigenvalue weighted by Gasteiger charge is 2.41. The van der Waals surface area contributed by atoms with E-state index in [0.29, 0.717) is 17.9 Å². The van der Waals surface area contributed by atoms with Gasteiger partial charge < -0.3 is 14.5 Å². The number of alkyl halides is 1. The average Bonchev–Trinajstić information content (AvgIpc) is 3.05. The number of amides is 1. The van der Waals surface area contributed by atoms with Crippen molar-refractivity contribution in [2.75, 3.05) is 6.54 Å². The highest BCUT2D eigenvalue weighted by atomic mass is 127. The Balaban J connectivity index is 1.91. The van der Waals surface area contributed by atoms with Gasteiger partial charge in [-0.25, -0.2) is 0 Å². The van der Waals surface area contributed by atoms with Gasteiger partial charge >= 0.3 is 0 Å². The van der Waals surface area contributed by atoms with Crippen molar-refractivity contribution >= 4 is 28.5 Å². The molecule has 0 radical (unpaired) electrons. The van der Waals surface area contributed by atoms with Gasteiger partial charge in [-0.2, -0.15) is 0 Å². The monoisotopic (exact) mass is 468 g/mol. The molecule has 0 saturated carbocycles. The van der Waals surface area contributed by atoms with Gasteiger partial charge in [-0.15, -0.1) is 0 Å². The number of aromatic nitrogens is 1. The predicted octanol–water partition coefficient (Wildman–Crippen LogP) is 4.34. The summed E-state index contributed by atoms with van der Waals surface area (Å²) in [6.45, 7) is 8.40. The molecule has 3 rings (SSSR count). The Morgan fingerprint density at radius 3 is 2.73 bits per heavy atom. The summed E-state index contributed by atoms with van der Waals surface area (Å²) in [7, 11) is 0. The first-order valence-corrected chi connectivity index (χ1v) is 10.1. The van der Waals surface area contributed by atoms with E-state index >= 15 is 0 Å². The van der Waals surface area contributed by atoms with E-state index in [1.165, 1.54) is 11.8 Å². The number of halogens is 1. The lowest BCUT2D eigenvalue weighted by atomic mass is 9.84. The summed E-state index contributed by atoms with van der Waals surface area (Å²) >= 11 is 2.28. The summed E-state index contributed by atoms with van der Waals surface area (Å²) in [5.41, 5.74) is 2.85. The fourth-order valence-electron chi connectivity index (χ4n) is 3.50. The normalized spacial score (nSPS) is 21.1. The molecule has 2 heterocycles. The predicted molar refractivity (Wildman–Crippen MR) is 109 cm³/mol. The lowest BCUT2D eigenvalue weighted by molar-refractivity contribution is -0.0191. The van der Waals surface area contributed by atoms with Crippen LogP contribution in [0.3, 0.4) is 0 Å². The summed E-state index contributed by atoms with van der Waals surface area (Å²) in [5.74, 6) is 0.450. The van der Waals surface area contributed by atoms with Crippen molar-refractivity contribution in [1.82, 2.24) is 10.1 Å². The van der Waals surface area contributed by atoms with Crippen LogP contribution in [-0.2, 0) is 0 Å². The smallest absolute Gasteiger partial charge is 0.260 e. The van der Waals surface area contributed by atoms with E-state index in [4.69, 9.17) is 4.52 Å². The molecule has 1 aromatic heterocycles. The molecular formula is C20H25IN2O3. The van der Waals surface area contributed by atoms with Crippen LogP contribution < -0.4 is 0 Å². The molecule has 140 valence electrons. The van der Waals surface area contributed by atoms with Crippen LogP contribution in [0.15, 0.2) is 28.9 Å². The second-order valence-electron chi connectivity index (χ2n) is 7.64. The number of likely N-dealkylation sites (tertiary alicyclic amines) is 1. The first-order chi connectivity index (χ1) is 12.2. The summed E-state index contributed by atoms with van der Waals surface area (Å²) in [6, 6.07) is 5.99. The molecule has 1 aliphatic heterocycles. The zero-order valence-corrected chi connectivity index (χ0v) is 17.8. The van der Waals surface area contributed by atoms with Gasteiger partial charge in [-0.3, -0.25) is 4.79 Å². The number of aliphatic hydroxyl groups is 1. The molecule has 5 nitrogen and oxygen atoms in total. The van der Waals surface area contributed by atoms with Crippen LogP contribution in [0.4, 0.5) is 0 Å². The number of aryl methyl sites for hydroxylation is 2. The molecule has 0 bridgehead atoms. The number of carbonyl (C=O) groups is 1. The van der Waals surface area contributed by atoms with Crippen molar-refractivity contribution in [3.63, 3.8) is 0 Å². The van der Waals surface area contributed by atoms with Crippen LogP contribution in [0.1, 0.15) is 48.2 Å². The standard InChI is InChI=1S/C20H25IN2O3/c1-12-7-8-14(10-13(12)2)17-15(11-22-26-17)19(24)23-9-5-6-16(18(23)21)20(3,4)25/h7-8,10-11,16,18,25H,5-6,9H2,1-4H3/t16-,18?/m0/s1. The fraction of sp³-hybridized carbons (Fsp3) is 0.500. The van der Waals surface area contributed by atoms with E-state index in [-0.39, 0.29) is 15.9 Å². The van der Waals surface area contributed by atoms with Crippen LogP contribution in [0.2, 0.25) is 0 Å². The maximum atomic E-state index is 13.2. The Labute approximate surface area is 167 Å². The molecule has 2 atom stereocenters. The van der Waals surface area contributed by atoms with E-state index in [2.05, 4.69) is 34.7 Å². The molecule has 1 saturated heterocycles. The first kappa shape index (κ1) is 19.4. The number of hydrogen-bond acceptors (Lipinski definition) is 4. The van der Waals surface area contributed by atoms with Gasteiger partial charge in [0.15, 0.2) is 5.76 Å². The molecule has 1 amide bonds. The first-order valence-electron chi connectivity index (χ1n) is 8.90. The van der Waals surface area contributed by atoms with Gasteiger partial charge in [0.2, 0.25) is 0 Å². The van der Waals surface area contributed by atoms with E-state index in [1.807, 2.05) is 43.9 Å². The van der Waals surface area contributed by atoms with Crippen molar-refractivity contribution in [3.8, 4) is 11.3 Å². The van der Waals surface area contributed by atoms with Crippen LogP contribution in [0.5, 0.6) is 0 Å². The van der Waals surface area contributed by atoms with Crippen LogP contribution in [-0.4, -0.2) is 37.3 Å². The Kier molecular flexibility index (Phi) is 5.44. The minimum Gasteiger partial charge on any atom is -0.390 e. The Morgan fingerprint density at radius 2 is 2.08 bits per heavy atom. The van der Waals surface area contributed by atoms with E-state index in [0.717, 1.165) is 24.0 Å². The van der Waals surface area contributed by atoms with Crippen molar-refractivity contribution in [2.24, 2.45) is 5.92 Å². The zero-order chi connectivity index (χ0) is 19.1. The molecule has 1 aliphatic rings. The Bertz CT molecular complexity index is 810. The average molecular weight is 468 g/mol. The summed E-state index contributed by atoms with van der Waals surface area (Å²) in [6.07, 6.45) is 3.29. The molecular weight excluding hydrogens is 443 g/mol. The molecule has 0 spiro atoms. The van der Waals surface area contributed by atoms with Gasteiger partial charge in [0.25, 0.3) is 5.91 Å². The van der Waals surface area contributed by atoms with Crippen LogP contribution in [0.25, 0.3) is 11.3 Å². The van der Waals surface area contributed by atoms with Crippen molar-refractivity contribution in [3.05, 3.63) is 41.1 Å². The second-order valence-corrected chi connectivity index (χ2v) is 8.92. The number of hydrogen-bond donors (Lipinski definition) is 1. The second kappa shape index (κ2) is 7.31. The quantitative estimate of drug-likeness (QED) is 0.414. The number of carbonyl (C=O) groups excluding carboxylic acids is 1. The highest BCUT2D eigenvalue weighted by molar-refractivity contribution is 14.1. The third-order valence-corrected chi connectivity index (χ3v) is 6.82. The van der Waals surface area contributed by atoms with Gasteiger partial charge in [-0.05, 0) is 57.7 Å². The maximum Gasteiger partial charge on any atom is 0.260 e. The van der Waals surface area contributed by atoms with Crippen LogP contribution >= 0.6 is 22.6 Å². The van der Waals surface area contributed by atoms with E-state index in [1.54, 1.807) is 0 Å². The summed E-state index contributed by atoms with van der Waals surface area (Å²) < 4.78 is 5.36. The minimum absolute atomic E-state index is 0.0331. The molecule has 26 heavy (non-hydrogen) atoms. The van der Waals surface area contributed by atoms with E-state index < -0.39 is 5.60 Å². The number of benzene rings is 1. The number of rotatable bonds is 3. The van der Waals surface area contributed by atoms with Gasteiger partial charge in [0.1, 0.15) is 5.56 Å². The van der Waals surface area contributed by atoms with E-state index in [9.17, 15) is 9.90 Å². The molecule has 1 aromatic carbocycles. The third kappa shape index (κ3) is 3.67. The Morgan fingerprint density at radius 1 is 1.35 bits per heavy atom. The fourth-order valence-corrected chi connectivity index (χ4v) is 5.27. The third-order valence-electron chi connectivity index (χ3n) is 5.28. The SMILES string of the molecule is Cc1ccc(-c2oncc2C(=O)N2CCC[C@H](C(C)(C)O)C2I)cc1C. The highest BCUT2D eigenvalue weighted by Crippen LogP contribution is 2.37. The summed E-state index contributed by atoms with van der Waals surface area (Å²) in [4.78, 5) is 15.1. The lowest BCUT2D eigenvalue weighted by Gasteiger charge is -2.43. The Hall–Kier alpha value is -1.41. The van der Waals surface area contributed by atoms with Crippen molar-refractivity contribution in [2.45, 2.75) is 50.2 Å². The molecule has 1 fully saturated rings.